The first-order valence-electron chi connectivity index (χ1n) is 12.0. The van der Waals surface area contributed by atoms with Gasteiger partial charge in [-0.1, -0.05) is 33.8 Å². The second-order valence-electron chi connectivity index (χ2n) is 9.78. The molecule has 2 N–H and O–H groups in total. The number of halogens is 1. The van der Waals surface area contributed by atoms with Gasteiger partial charge in [-0.25, -0.2) is 18.3 Å². The zero-order valence-electron chi connectivity index (χ0n) is 21.1. The fraction of sp³-hybridized carbons (Fsp3) is 0.346. The summed E-state index contributed by atoms with van der Waals surface area (Å²) in [4.78, 5) is 52.1. The molecular weight excluding hydrogens is 479 g/mol. The maximum atomic E-state index is 13.5. The van der Waals surface area contributed by atoms with E-state index in [0.29, 0.717) is 18.7 Å². The van der Waals surface area contributed by atoms with Crippen LogP contribution in [-0.4, -0.2) is 37.1 Å². The Morgan fingerprint density at radius 3 is 2.46 bits per heavy atom. The number of aromatic nitrogens is 4. The van der Waals surface area contributed by atoms with Gasteiger partial charge in [-0.05, 0) is 48.2 Å². The Bertz CT molecular complexity index is 1620. The van der Waals surface area contributed by atoms with Crippen molar-refractivity contribution in [3.8, 4) is 0 Å². The molecule has 0 aliphatic carbocycles. The first-order valence-corrected chi connectivity index (χ1v) is 12.0. The topological polar surface area (TPSA) is 120 Å². The third kappa shape index (κ3) is 5.45. The normalized spacial score (nSPS) is 11.5. The molecule has 0 bridgehead atoms. The van der Waals surface area contributed by atoms with E-state index in [1.807, 2.05) is 27.7 Å². The highest BCUT2D eigenvalue weighted by atomic mass is 19.1. The van der Waals surface area contributed by atoms with Crippen molar-refractivity contribution in [2.24, 2.45) is 11.8 Å². The third-order valence-electron chi connectivity index (χ3n) is 5.66. The number of carbonyl (C=O) groups is 2. The lowest BCUT2D eigenvalue weighted by Gasteiger charge is -2.13. The minimum atomic E-state index is -0.647. The van der Waals surface area contributed by atoms with Crippen molar-refractivity contribution in [3.05, 3.63) is 74.7 Å². The van der Waals surface area contributed by atoms with Crippen molar-refractivity contribution in [1.82, 2.24) is 24.1 Å². The lowest BCUT2D eigenvalue weighted by Crippen LogP contribution is -2.30. The van der Waals surface area contributed by atoms with Crippen LogP contribution in [0.5, 0.6) is 0 Å². The van der Waals surface area contributed by atoms with Gasteiger partial charge in [-0.15, -0.1) is 5.10 Å². The molecule has 0 saturated heterocycles. The molecule has 4 rings (SSSR count). The van der Waals surface area contributed by atoms with Gasteiger partial charge in [-0.3, -0.25) is 19.0 Å². The first-order chi connectivity index (χ1) is 17.5. The van der Waals surface area contributed by atoms with Gasteiger partial charge in [0, 0.05) is 24.3 Å². The fourth-order valence-electron chi connectivity index (χ4n) is 3.99. The number of amides is 2. The largest absolute Gasteiger partial charge is 0.352 e. The van der Waals surface area contributed by atoms with E-state index in [1.54, 1.807) is 6.07 Å². The van der Waals surface area contributed by atoms with Crippen LogP contribution in [0, 0.1) is 17.7 Å². The maximum Gasteiger partial charge on any atom is 0.352 e. The molecule has 2 aromatic carbocycles. The molecule has 2 heterocycles. The number of hydrogen-bond acceptors (Lipinski definition) is 5. The molecule has 0 aliphatic heterocycles. The number of anilines is 1. The molecule has 0 atom stereocenters. The number of hydrogen-bond donors (Lipinski definition) is 2. The summed E-state index contributed by atoms with van der Waals surface area (Å²) < 4.78 is 17.1. The second-order valence-corrected chi connectivity index (χ2v) is 9.78. The zero-order valence-corrected chi connectivity index (χ0v) is 21.1. The molecule has 194 valence electrons. The number of fused-ring (bicyclic) bond motifs is 3. The minimum absolute atomic E-state index is 0.0643. The van der Waals surface area contributed by atoms with Gasteiger partial charge in [-0.2, -0.15) is 0 Å². The number of carbonyl (C=O) groups excluding carboxylic acids is 2. The van der Waals surface area contributed by atoms with E-state index in [-0.39, 0.29) is 45.7 Å². The third-order valence-corrected chi connectivity index (χ3v) is 5.66. The van der Waals surface area contributed by atoms with Crippen molar-refractivity contribution in [3.63, 3.8) is 0 Å². The van der Waals surface area contributed by atoms with Crippen molar-refractivity contribution in [1.29, 1.82) is 0 Å². The smallest absolute Gasteiger partial charge is 0.352 e. The number of rotatable bonds is 8. The highest BCUT2D eigenvalue weighted by molar-refractivity contribution is 5.98. The maximum absolute atomic E-state index is 13.5. The summed E-state index contributed by atoms with van der Waals surface area (Å²) in [5, 5.41) is 9.92. The Labute approximate surface area is 211 Å². The van der Waals surface area contributed by atoms with Crippen LogP contribution in [0.4, 0.5) is 10.1 Å². The number of nitrogens with one attached hydrogen (secondary N) is 2. The highest BCUT2D eigenvalue weighted by Crippen LogP contribution is 2.16. The molecule has 0 saturated carbocycles. The average Bonchev–Trinajstić information content (AvgIpc) is 3.15. The van der Waals surface area contributed by atoms with Gasteiger partial charge in [0.2, 0.25) is 11.7 Å². The van der Waals surface area contributed by atoms with E-state index in [1.165, 1.54) is 39.3 Å². The minimum Gasteiger partial charge on any atom is -0.352 e. The van der Waals surface area contributed by atoms with Crippen LogP contribution >= 0.6 is 0 Å². The molecule has 0 unspecified atom stereocenters. The molecule has 10 nitrogen and oxygen atoms in total. The van der Waals surface area contributed by atoms with Crippen LogP contribution in [0.3, 0.4) is 0 Å². The summed E-state index contributed by atoms with van der Waals surface area (Å²) >= 11 is 0. The fourth-order valence-corrected chi connectivity index (χ4v) is 3.99. The Morgan fingerprint density at radius 2 is 1.78 bits per heavy atom. The molecule has 2 amide bonds. The molecule has 2 aromatic heterocycles. The lowest BCUT2D eigenvalue weighted by molar-refractivity contribution is -0.117. The van der Waals surface area contributed by atoms with Gasteiger partial charge in [0.05, 0.1) is 10.9 Å². The summed E-state index contributed by atoms with van der Waals surface area (Å²) in [7, 11) is 0. The van der Waals surface area contributed by atoms with E-state index >= 15 is 0 Å². The van der Waals surface area contributed by atoms with Crippen molar-refractivity contribution in [2.45, 2.75) is 40.8 Å². The molecular formula is C26H29FN6O4. The number of benzene rings is 2. The predicted octanol–water partition coefficient (Wildman–Crippen LogP) is 2.63. The molecule has 37 heavy (non-hydrogen) atoms. The van der Waals surface area contributed by atoms with E-state index in [2.05, 4.69) is 15.7 Å². The predicted molar refractivity (Wildman–Crippen MR) is 138 cm³/mol. The van der Waals surface area contributed by atoms with Gasteiger partial charge < -0.3 is 10.6 Å². The van der Waals surface area contributed by atoms with Crippen molar-refractivity contribution >= 4 is 34.2 Å². The van der Waals surface area contributed by atoms with E-state index in [0.717, 1.165) is 10.7 Å². The van der Waals surface area contributed by atoms with Gasteiger partial charge >= 0.3 is 5.69 Å². The van der Waals surface area contributed by atoms with Gasteiger partial charge in [0.15, 0.2) is 0 Å². The van der Waals surface area contributed by atoms with Crippen molar-refractivity contribution in [2.75, 3.05) is 11.9 Å². The zero-order chi connectivity index (χ0) is 26.9. The Morgan fingerprint density at radius 1 is 1.03 bits per heavy atom. The second kappa shape index (κ2) is 10.4. The van der Waals surface area contributed by atoms with Crippen molar-refractivity contribution < 1.29 is 14.0 Å². The SMILES string of the molecule is CC(C)CNC(=O)c1ccc2c(=O)n(CC(C)C)c3nn(CC(=O)Nc4cccc(F)c4)c(=O)n3c2c1. The van der Waals surface area contributed by atoms with E-state index < -0.39 is 24.0 Å². The van der Waals surface area contributed by atoms with E-state index in [9.17, 15) is 23.6 Å². The quantitative estimate of drug-likeness (QED) is 0.379. The molecule has 0 spiro atoms. The standard InChI is InChI=1S/C26H29FN6O4/c1-15(2)12-28-23(35)17-8-9-20-21(10-17)33-25(31(24(20)36)13-16(3)4)30-32(26(33)37)14-22(34)29-19-7-5-6-18(27)11-19/h5-11,15-16H,12-14H2,1-4H3,(H,28,35)(H,29,34). The Hall–Kier alpha value is -4.28. The average molecular weight is 509 g/mol. The highest BCUT2D eigenvalue weighted by Gasteiger charge is 2.20. The monoisotopic (exact) mass is 508 g/mol. The molecule has 0 aliphatic rings. The summed E-state index contributed by atoms with van der Waals surface area (Å²) in [5.41, 5.74) is -0.252. The van der Waals surface area contributed by atoms with Crippen LogP contribution in [0.25, 0.3) is 16.7 Å². The molecule has 4 aromatic rings. The van der Waals surface area contributed by atoms with Gasteiger partial charge in [0.1, 0.15) is 12.4 Å². The van der Waals surface area contributed by atoms with Crippen LogP contribution in [0.1, 0.15) is 38.1 Å². The summed E-state index contributed by atoms with van der Waals surface area (Å²) in [5.74, 6) is -1.05. The van der Waals surface area contributed by atoms with Crippen LogP contribution in [-0.2, 0) is 17.9 Å². The lowest BCUT2D eigenvalue weighted by atomic mass is 10.1. The molecule has 0 radical (unpaired) electrons. The first kappa shape index (κ1) is 25.8. The summed E-state index contributed by atoms with van der Waals surface area (Å²) in [6, 6.07) is 9.94. The van der Waals surface area contributed by atoms with Gasteiger partial charge in [0.25, 0.3) is 11.5 Å². The van der Waals surface area contributed by atoms with Crippen LogP contribution in [0.2, 0.25) is 0 Å². The van der Waals surface area contributed by atoms with Crippen LogP contribution < -0.4 is 21.9 Å². The summed E-state index contributed by atoms with van der Waals surface area (Å²) in [6.07, 6.45) is 0. The Kier molecular flexibility index (Phi) is 7.23. The number of nitrogens with zero attached hydrogens (tertiary/aromatic N) is 4. The summed E-state index contributed by atoms with van der Waals surface area (Å²) in [6.45, 7) is 8.11. The molecule has 11 heteroatoms. The van der Waals surface area contributed by atoms with Crippen LogP contribution in [0.15, 0.2) is 52.1 Å². The Balaban J connectivity index is 1.82. The molecule has 0 fully saturated rings. The van der Waals surface area contributed by atoms with E-state index in [4.69, 9.17) is 0 Å².